The molecule has 0 fully saturated rings. The first kappa shape index (κ1) is 13.2. The van der Waals surface area contributed by atoms with E-state index in [-0.39, 0.29) is 0 Å². The molecule has 0 amide bonds. The van der Waals surface area contributed by atoms with E-state index in [1.54, 1.807) is 33.1 Å². The summed E-state index contributed by atoms with van der Waals surface area (Å²) in [6.45, 7) is 1.77. The van der Waals surface area contributed by atoms with Gasteiger partial charge < -0.3 is 19.1 Å². The van der Waals surface area contributed by atoms with Crippen LogP contribution in [0.5, 0.6) is 17.2 Å². The predicted octanol–water partition coefficient (Wildman–Crippen LogP) is 2.43. The molecule has 5 nitrogen and oxygen atoms in total. The molecule has 106 valence electrons. The van der Waals surface area contributed by atoms with Crippen molar-refractivity contribution in [1.29, 1.82) is 0 Å². The van der Waals surface area contributed by atoms with Gasteiger partial charge in [-0.15, -0.1) is 0 Å². The van der Waals surface area contributed by atoms with Crippen molar-refractivity contribution in [1.82, 2.24) is 4.90 Å². The van der Waals surface area contributed by atoms with E-state index in [4.69, 9.17) is 14.2 Å². The van der Waals surface area contributed by atoms with Crippen LogP contribution in [0.2, 0.25) is 0 Å². The lowest BCUT2D eigenvalue weighted by atomic mass is 10.1. The standard InChI is InChI=1S/C14H16N2O3S/c1-17-11-6-9(7-12(18-2)13(11)19-3)10-8-20-14-15-4-5-16(10)14/h6-8H,4-5H2,1-3H3. The zero-order valence-corrected chi connectivity index (χ0v) is 12.5. The first-order valence-corrected chi connectivity index (χ1v) is 7.15. The zero-order valence-electron chi connectivity index (χ0n) is 11.7. The van der Waals surface area contributed by atoms with Crippen molar-refractivity contribution in [2.45, 2.75) is 0 Å². The second-order valence-corrected chi connectivity index (χ2v) is 5.19. The first-order chi connectivity index (χ1) is 9.78. The maximum absolute atomic E-state index is 5.40. The van der Waals surface area contributed by atoms with E-state index >= 15 is 0 Å². The summed E-state index contributed by atoms with van der Waals surface area (Å²) in [4.78, 5) is 6.67. The molecular weight excluding hydrogens is 276 g/mol. The van der Waals surface area contributed by atoms with E-state index in [0.29, 0.717) is 17.2 Å². The minimum Gasteiger partial charge on any atom is -0.493 e. The minimum absolute atomic E-state index is 0.611. The minimum atomic E-state index is 0.611. The molecule has 0 bridgehead atoms. The average Bonchev–Trinajstić information content (AvgIpc) is 3.08. The summed E-state index contributed by atoms with van der Waals surface area (Å²) in [5, 5.41) is 3.17. The molecule has 3 rings (SSSR count). The maximum Gasteiger partial charge on any atom is 0.203 e. The van der Waals surface area contributed by atoms with Crippen molar-refractivity contribution in [3.05, 3.63) is 23.1 Å². The highest BCUT2D eigenvalue weighted by atomic mass is 32.2. The third-order valence-electron chi connectivity index (χ3n) is 3.33. The number of benzene rings is 1. The quantitative estimate of drug-likeness (QED) is 0.852. The Hall–Kier alpha value is -1.82. The van der Waals surface area contributed by atoms with E-state index in [1.807, 2.05) is 12.1 Å². The summed E-state index contributed by atoms with van der Waals surface area (Å²) in [7, 11) is 4.86. The number of amidine groups is 1. The molecule has 2 aliphatic heterocycles. The van der Waals surface area contributed by atoms with Gasteiger partial charge in [-0.3, -0.25) is 4.99 Å². The second kappa shape index (κ2) is 5.28. The molecule has 0 radical (unpaired) electrons. The summed E-state index contributed by atoms with van der Waals surface area (Å²) in [5.74, 6) is 1.94. The molecule has 0 unspecified atom stereocenters. The van der Waals surface area contributed by atoms with Gasteiger partial charge in [-0.1, -0.05) is 11.8 Å². The molecule has 0 spiro atoms. The van der Waals surface area contributed by atoms with Gasteiger partial charge in [0, 0.05) is 17.5 Å². The van der Waals surface area contributed by atoms with Gasteiger partial charge in [0.2, 0.25) is 5.75 Å². The van der Waals surface area contributed by atoms with Gasteiger partial charge in [-0.25, -0.2) is 0 Å². The molecule has 0 N–H and O–H groups in total. The van der Waals surface area contributed by atoms with Crippen molar-refractivity contribution in [3.63, 3.8) is 0 Å². The molecule has 6 heteroatoms. The fourth-order valence-electron chi connectivity index (χ4n) is 2.38. The SMILES string of the molecule is COc1cc(C2=CSC3=NCCN23)cc(OC)c1OC. The van der Waals surface area contributed by atoms with Crippen LogP contribution in [-0.4, -0.2) is 44.5 Å². The van der Waals surface area contributed by atoms with Crippen molar-refractivity contribution in [2.75, 3.05) is 34.4 Å². The Balaban J connectivity index is 2.04. The number of thioether (sulfide) groups is 1. The van der Waals surface area contributed by atoms with E-state index < -0.39 is 0 Å². The molecule has 0 aromatic heterocycles. The number of hydrogen-bond acceptors (Lipinski definition) is 6. The maximum atomic E-state index is 5.40. The lowest BCUT2D eigenvalue weighted by Crippen LogP contribution is -2.19. The topological polar surface area (TPSA) is 43.3 Å². The van der Waals surface area contributed by atoms with Crippen molar-refractivity contribution in [2.24, 2.45) is 4.99 Å². The van der Waals surface area contributed by atoms with E-state index in [2.05, 4.69) is 15.3 Å². The fraction of sp³-hybridized carbons (Fsp3) is 0.357. The molecule has 0 atom stereocenters. The summed E-state index contributed by atoms with van der Waals surface area (Å²) >= 11 is 1.65. The smallest absolute Gasteiger partial charge is 0.203 e. The Kier molecular flexibility index (Phi) is 3.48. The van der Waals surface area contributed by atoms with E-state index in [0.717, 1.165) is 29.5 Å². The Bertz CT molecular complexity index is 573. The normalized spacial score (nSPS) is 16.6. The summed E-state index contributed by atoms with van der Waals surface area (Å²) in [6, 6.07) is 3.93. The molecule has 2 heterocycles. The third-order valence-corrected chi connectivity index (χ3v) is 4.23. The van der Waals surface area contributed by atoms with Crippen molar-refractivity contribution in [3.8, 4) is 17.2 Å². The molecule has 0 saturated heterocycles. The molecule has 1 aromatic carbocycles. The second-order valence-electron chi connectivity index (χ2n) is 4.35. The number of nitrogens with zero attached hydrogens (tertiary/aromatic N) is 2. The molecule has 0 saturated carbocycles. The van der Waals surface area contributed by atoms with Crippen LogP contribution in [0.3, 0.4) is 0 Å². The molecule has 0 aliphatic carbocycles. The van der Waals surface area contributed by atoms with Gasteiger partial charge >= 0.3 is 0 Å². The number of ether oxygens (including phenoxy) is 3. The van der Waals surface area contributed by atoms with Gasteiger partial charge in [-0.2, -0.15) is 0 Å². The number of rotatable bonds is 4. The van der Waals surface area contributed by atoms with Crippen molar-refractivity contribution >= 4 is 22.6 Å². The summed E-state index contributed by atoms with van der Waals surface area (Å²) in [6.07, 6.45) is 0. The lowest BCUT2D eigenvalue weighted by molar-refractivity contribution is 0.324. The Morgan fingerprint density at radius 3 is 2.40 bits per heavy atom. The number of methoxy groups -OCH3 is 3. The van der Waals surface area contributed by atoms with Gasteiger partial charge in [0.15, 0.2) is 16.7 Å². The average molecular weight is 292 g/mol. The van der Waals surface area contributed by atoms with Gasteiger partial charge in [0.05, 0.1) is 33.6 Å². The van der Waals surface area contributed by atoms with Crippen LogP contribution in [0, 0.1) is 0 Å². The van der Waals surface area contributed by atoms with Crippen LogP contribution in [0.15, 0.2) is 22.5 Å². The van der Waals surface area contributed by atoms with Crippen LogP contribution < -0.4 is 14.2 Å². The number of aliphatic imine (C=N–C) groups is 1. The van der Waals surface area contributed by atoms with Gasteiger partial charge in [0.25, 0.3) is 0 Å². The first-order valence-electron chi connectivity index (χ1n) is 6.27. The highest BCUT2D eigenvalue weighted by molar-refractivity contribution is 8.16. The lowest BCUT2D eigenvalue weighted by Gasteiger charge is -2.19. The van der Waals surface area contributed by atoms with E-state index in [1.165, 1.54) is 0 Å². The zero-order chi connectivity index (χ0) is 14.1. The number of fused-ring (bicyclic) bond motifs is 1. The van der Waals surface area contributed by atoms with Crippen LogP contribution in [0.4, 0.5) is 0 Å². The van der Waals surface area contributed by atoms with Crippen LogP contribution in [0.1, 0.15) is 5.56 Å². The highest BCUT2D eigenvalue weighted by Crippen LogP contribution is 2.43. The Morgan fingerprint density at radius 1 is 1.10 bits per heavy atom. The highest BCUT2D eigenvalue weighted by Gasteiger charge is 2.28. The van der Waals surface area contributed by atoms with Crippen LogP contribution >= 0.6 is 11.8 Å². The Labute approximate surface area is 122 Å². The molecule has 20 heavy (non-hydrogen) atoms. The van der Waals surface area contributed by atoms with Gasteiger partial charge in [0.1, 0.15) is 0 Å². The van der Waals surface area contributed by atoms with E-state index in [9.17, 15) is 0 Å². The summed E-state index contributed by atoms with van der Waals surface area (Å²) in [5.41, 5.74) is 2.17. The van der Waals surface area contributed by atoms with Crippen LogP contribution in [0.25, 0.3) is 5.70 Å². The largest absolute Gasteiger partial charge is 0.493 e. The number of hydrogen-bond donors (Lipinski definition) is 0. The van der Waals surface area contributed by atoms with Gasteiger partial charge in [-0.05, 0) is 12.1 Å². The third kappa shape index (κ3) is 2.00. The van der Waals surface area contributed by atoms with Crippen molar-refractivity contribution < 1.29 is 14.2 Å². The Morgan fingerprint density at radius 2 is 1.80 bits per heavy atom. The molecule has 1 aromatic rings. The molecular formula is C14H16N2O3S. The summed E-state index contributed by atoms with van der Waals surface area (Å²) < 4.78 is 16.2. The van der Waals surface area contributed by atoms with Crippen LogP contribution in [-0.2, 0) is 0 Å². The molecule has 2 aliphatic rings. The fourth-order valence-corrected chi connectivity index (χ4v) is 3.34. The predicted molar refractivity (Wildman–Crippen MR) is 80.7 cm³/mol. The monoisotopic (exact) mass is 292 g/mol.